The third kappa shape index (κ3) is 2.89. The molecule has 2 spiro atoms. The van der Waals surface area contributed by atoms with Gasteiger partial charge < -0.3 is 14.3 Å². The Morgan fingerprint density at radius 3 is 2.50 bits per heavy atom. The van der Waals surface area contributed by atoms with Gasteiger partial charge in [-0.1, -0.05) is 17.1 Å². The summed E-state index contributed by atoms with van der Waals surface area (Å²) in [6.45, 7) is 1.37. The standard InChI is InChI=1S/C19H18N2O3/c20-14-16-3-1-2-15(12-16)4-5-17-13-18(24-21-17)6-8-19(9-7-18)22-10-11-23-19/h1-3,12H,6-11,13H2. The van der Waals surface area contributed by atoms with Crippen LogP contribution in [0.2, 0.25) is 0 Å². The van der Waals surface area contributed by atoms with Gasteiger partial charge in [-0.25, -0.2) is 0 Å². The highest BCUT2D eigenvalue weighted by Gasteiger charge is 2.50. The Kier molecular flexibility index (Phi) is 3.76. The largest absolute Gasteiger partial charge is 0.388 e. The number of benzene rings is 1. The van der Waals surface area contributed by atoms with Gasteiger partial charge in [0, 0.05) is 24.8 Å². The highest BCUT2D eigenvalue weighted by Crippen LogP contribution is 2.45. The molecule has 1 aromatic carbocycles. The summed E-state index contributed by atoms with van der Waals surface area (Å²) < 4.78 is 11.5. The van der Waals surface area contributed by atoms with Gasteiger partial charge in [-0.2, -0.15) is 5.26 Å². The third-order valence-corrected chi connectivity index (χ3v) is 4.92. The summed E-state index contributed by atoms with van der Waals surface area (Å²) in [6, 6.07) is 9.38. The first-order valence-corrected chi connectivity index (χ1v) is 8.26. The molecule has 0 radical (unpaired) electrons. The van der Waals surface area contributed by atoms with E-state index in [-0.39, 0.29) is 11.4 Å². The summed E-state index contributed by atoms with van der Waals surface area (Å²) in [5.41, 5.74) is 1.94. The van der Waals surface area contributed by atoms with E-state index in [2.05, 4.69) is 23.1 Å². The van der Waals surface area contributed by atoms with E-state index in [0.29, 0.717) is 18.8 Å². The maximum absolute atomic E-state index is 8.93. The van der Waals surface area contributed by atoms with Crippen LogP contribution in [0.15, 0.2) is 29.4 Å². The van der Waals surface area contributed by atoms with Crippen molar-refractivity contribution >= 4 is 5.71 Å². The lowest BCUT2D eigenvalue weighted by Crippen LogP contribution is -2.43. The van der Waals surface area contributed by atoms with Gasteiger partial charge in [0.05, 0.1) is 24.8 Å². The molecule has 1 aromatic rings. The summed E-state index contributed by atoms with van der Waals surface area (Å²) in [5, 5.41) is 13.1. The quantitative estimate of drug-likeness (QED) is 0.689. The molecule has 5 nitrogen and oxygen atoms in total. The molecule has 0 bridgehead atoms. The fourth-order valence-electron chi connectivity index (χ4n) is 3.54. The number of nitriles is 1. The fraction of sp³-hybridized carbons (Fsp3) is 0.474. The van der Waals surface area contributed by atoms with Crippen molar-refractivity contribution in [1.82, 2.24) is 0 Å². The zero-order valence-electron chi connectivity index (χ0n) is 13.4. The van der Waals surface area contributed by atoms with Gasteiger partial charge in [-0.05, 0) is 37.0 Å². The molecular weight excluding hydrogens is 304 g/mol. The minimum Gasteiger partial charge on any atom is -0.388 e. The monoisotopic (exact) mass is 322 g/mol. The minimum absolute atomic E-state index is 0.251. The van der Waals surface area contributed by atoms with Gasteiger partial charge in [0.25, 0.3) is 0 Å². The number of hydrogen-bond donors (Lipinski definition) is 0. The summed E-state index contributed by atoms with van der Waals surface area (Å²) >= 11 is 0. The Hall–Kier alpha value is -2.34. The SMILES string of the molecule is N#Cc1cccc(C#CC2=NOC3(CCC4(CC3)OCCO4)C2)c1. The normalized spacial score (nSPS) is 23.2. The fourth-order valence-corrected chi connectivity index (χ4v) is 3.54. The van der Waals surface area contributed by atoms with E-state index in [1.807, 2.05) is 12.1 Å². The van der Waals surface area contributed by atoms with Crippen molar-refractivity contribution in [3.8, 4) is 17.9 Å². The maximum Gasteiger partial charge on any atom is 0.168 e. The summed E-state index contributed by atoms with van der Waals surface area (Å²) in [7, 11) is 0. The molecule has 0 N–H and O–H groups in total. The van der Waals surface area contributed by atoms with Gasteiger partial charge in [0.1, 0.15) is 11.3 Å². The predicted octanol–water partition coefficient (Wildman–Crippen LogP) is 2.74. The van der Waals surface area contributed by atoms with E-state index >= 15 is 0 Å². The van der Waals surface area contributed by atoms with Crippen LogP contribution in [0.3, 0.4) is 0 Å². The average molecular weight is 322 g/mol. The molecule has 0 amide bonds. The van der Waals surface area contributed by atoms with Crippen LogP contribution in [0.4, 0.5) is 0 Å². The third-order valence-electron chi connectivity index (χ3n) is 4.92. The molecule has 1 saturated carbocycles. The molecule has 0 aromatic heterocycles. The molecule has 3 aliphatic rings. The van der Waals surface area contributed by atoms with Crippen LogP contribution in [-0.2, 0) is 14.3 Å². The lowest BCUT2D eigenvalue weighted by atomic mass is 9.78. The highest BCUT2D eigenvalue weighted by molar-refractivity contribution is 6.01. The number of nitrogens with zero attached hydrogens (tertiary/aromatic N) is 2. The summed E-state index contributed by atoms with van der Waals surface area (Å²) in [4.78, 5) is 5.75. The number of rotatable bonds is 0. The van der Waals surface area contributed by atoms with Gasteiger partial charge in [0.2, 0.25) is 0 Å². The van der Waals surface area contributed by atoms with Gasteiger partial charge in [-0.3, -0.25) is 0 Å². The van der Waals surface area contributed by atoms with Crippen LogP contribution in [0, 0.1) is 23.2 Å². The topological polar surface area (TPSA) is 63.8 Å². The van der Waals surface area contributed by atoms with Crippen molar-refractivity contribution < 1.29 is 14.3 Å². The molecule has 24 heavy (non-hydrogen) atoms. The lowest BCUT2D eigenvalue weighted by Gasteiger charge is -2.39. The van der Waals surface area contributed by atoms with Crippen molar-refractivity contribution in [1.29, 1.82) is 5.26 Å². The highest BCUT2D eigenvalue weighted by atomic mass is 16.7. The molecule has 2 aliphatic heterocycles. The number of ether oxygens (including phenoxy) is 2. The molecule has 1 aliphatic carbocycles. The molecule has 0 unspecified atom stereocenters. The Morgan fingerprint density at radius 1 is 1.00 bits per heavy atom. The van der Waals surface area contributed by atoms with Crippen LogP contribution >= 0.6 is 0 Å². The molecular formula is C19H18N2O3. The number of oxime groups is 1. The summed E-state index contributed by atoms with van der Waals surface area (Å²) in [5.74, 6) is 5.77. The molecule has 2 fully saturated rings. The zero-order valence-corrected chi connectivity index (χ0v) is 13.4. The first kappa shape index (κ1) is 15.2. The van der Waals surface area contributed by atoms with Gasteiger partial charge >= 0.3 is 0 Å². The minimum atomic E-state index is -0.388. The second-order valence-electron chi connectivity index (χ2n) is 6.54. The van der Waals surface area contributed by atoms with Crippen molar-refractivity contribution in [3.05, 3.63) is 35.4 Å². The average Bonchev–Trinajstić information content (AvgIpc) is 3.24. The van der Waals surface area contributed by atoms with Crippen molar-refractivity contribution in [3.63, 3.8) is 0 Å². The molecule has 122 valence electrons. The second kappa shape index (κ2) is 5.94. The number of hydrogen-bond acceptors (Lipinski definition) is 5. The van der Waals surface area contributed by atoms with Crippen molar-refractivity contribution in [2.45, 2.75) is 43.5 Å². The predicted molar refractivity (Wildman–Crippen MR) is 87.0 cm³/mol. The van der Waals surface area contributed by atoms with E-state index in [1.54, 1.807) is 12.1 Å². The first-order chi connectivity index (χ1) is 11.7. The molecule has 1 saturated heterocycles. The van der Waals surface area contributed by atoms with E-state index in [9.17, 15) is 0 Å². The van der Waals surface area contributed by atoms with Gasteiger partial charge in [0.15, 0.2) is 5.79 Å². The smallest absolute Gasteiger partial charge is 0.168 e. The second-order valence-corrected chi connectivity index (χ2v) is 6.54. The molecule has 0 atom stereocenters. The van der Waals surface area contributed by atoms with Crippen LogP contribution in [0.1, 0.15) is 43.2 Å². The lowest BCUT2D eigenvalue weighted by molar-refractivity contribution is -0.206. The Balaban J connectivity index is 1.40. The van der Waals surface area contributed by atoms with Crippen LogP contribution < -0.4 is 0 Å². The van der Waals surface area contributed by atoms with E-state index in [1.165, 1.54) is 0 Å². The van der Waals surface area contributed by atoms with Gasteiger partial charge in [-0.15, -0.1) is 0 Å². The van der Waals surface area contributed by atoms with Crippen molar-refractivity contribution in [2.24, 2.45) is 5.16 Å². The van der Waals surface area contributed by atoms with E-state index in [0.717, 1.165) is 43.4 Å². The molecule has 4 rings (SSSR count). The van der Waals surface area contributed by atoms with Crippen LogP contribution in [0.5, 0.6) is 0 Å². The Labute approximate surface area is 141 Å². The van der Waals surface area contributed by atoms with Crippen LogP contribution in [-0.4, -0.2) is 30.3 Å². The first-order valence-electron chi connectivity index (χ1n) is 8.26. The Morgan fingerprint density at radius 2 is 1.75 bits per heavy atom. The zero-order chi connectivity index (χ0) is 16.5. The molecule has 5 heteroatoms. The summed E-state index contributed by atoms with van der Waals surface area (Å²) in [6.07, 6.45) is 4.14. The van der Waals surface area contributed by atoms with Crippen LogP contribution in [0.25, 0.3) is 0 Å². The Bertz CT molecular complexity index is 766. The molecule has 2 heterocycles. The van der Waals surface area contributed by atoms with E-state index < -0.39 is 0 Å². The van der Waals surface area contributed by atoms with E-state index in [4.69, 9.17) is 19.6 Å². The maximum atomic E-state index is 8.93. The van der Waals surface area contributed by atoms with Crippen molar-refractivity contribution in [2.75, 3.05) is 13.2 Å².